The van der Waals surface area contributed by atoms with Crippen molar-refractivity contribution in [2.75, 3.05) is 20.8 Å². The Balaban J connectivity index is 0.000000207. The van der Waals surface area contributed by atoms with E-state index in [4.69, 9.17) is 14.6 Å². The predicted molar refractivity (Wildman–Crippen MR) is 284 cm³/mol. The second kappa shape index (κ2) is 23.5. The van der Waals surface area contributed by atoms with Gasteiger partial charge in [0, 0.05) is 37.1 Å². The van der Waals surface area contributed by atoms with E-state index in [1.807, 2.05) is 27.7 Å². The first kappa shape index (κ1) is 57.0. The molecule has 0 radical (unpaired) electrons. The lowest BCUT2D eigenvalue weighted by atomic mass is 9.91. The van der Waals surface area contributed by atoms with Crippen molar-refractivity contribution in [1.82, 2.24) is 48.7 Å². The number of benzene rings is 2. The second-order valence-corrected chi connectivity index (χ2v) is 21.5. The van der Waals surface area contributed by atoms with Gasteiger partial charge in [-0.2, -0.15) is 20.4 Å². The van der Waals surface area contributed by atoms with Crippen molar-refractivity contribution in [2.45, 2.75) is 113 Å². The molecule has 0 fully saturated rings. The van der Waals surface area contributed by atoms with Gasteiger partial charge in [-0.05, 0) is 114 Å². The maximum Gasteiger partial charge on any atom is 0.332 e. The highest BCUT2D eigenvalue weighted by Crippen LogP contribution is 2.33. The number of ether oxygens (including phenoxy) is 2. The summed E-state index contributed by atoms with van der Waals surface area (Å²) >= 11 is 2.45. The molecule has 0 unspecified atom stereocenters. The van der Waals surface area contributed by atoms with E-state index in [9.17, 15) is 37.5 Å². The number of aryl methyl sites for hydroxylation is 4. The van der Waals surface area contributed by atoms with Crippen molar-refractivity contribution in [3.05, 3.63) is 137 Å². The summed E-state index contributed by atoms with van der Waals surface area (Å²) < 4.78 is 40.6. The first-order valence-electron chi connectivity index (χ1n) is 24.0. The third-order valence-electron chi connectivity index (χ3n) is 12.5. The quantitative estimate of drug-likeness (QED) is 0.0919. The highest BCUT2D eigenvalue weighted by atomic mass is 32.1. The number of aromatic amines is 1. The third-order valence-corrected chi connectivity index (χ3v) is 14.9. The number of aliphatic hydroxyl groups excluding tert-OH is 1. The monoisotopic (exact) mass is 1070 g/mol. The number of nitrogens with one attached hydrogen (secondary N) is 1. The number of thiophene rings is 2. The van der Waals surface area contributed by atoms with Gasteiger partial charge in [0.2, 0.25) is 0 Å². The molecule has 6 heterocycles. The van der Waals surface area contributed by atoms with E-state index in [1.165, 1.54) is 93.8 Å². The van der Waals surface area contributed by atoms with Crippen LogP contribution in [0.25, 0.3) is 30.4 Å². The molecule has 0 saturated heterocycles. The Morgan fingerprint density at radius 1 is 0.680 bits per heavy atom. The van der Waals surface area contributed by atoms with Gasteiger partial charge < -0.3 is 14.6 Å². The van der Waals surface area contributed by atoms with Crippen LogP contribution >= 0.6 is 22.7 Å². The smallest absolute Gasteiger partial charge is 0.332 e. The molecule has 8 aromatic rings. The SMILES string of the molecule is COc1ccc(F)cc1CCO.COc1ccc(F)cc1CCn1c(=O)n(C(C)(C)C(=O)CC(C)C)c(=O)c2c(C)c(-n3nccn3)sc21.Cc1c(-n2nccn2)sc2[nH]c(=O)n(C(C)(C)C(=O)CC(C)C)c(=O)c12. The number of ketones is 2. The van der Waals surface area contributed by atoms with Crippen LogP contribution in [0.3, 0.4) is 0 Å². The molecule has 8 rings (SSSR count). The van der Waals surface area contributed by atoms with E-state index in [-0.39, 0.29) is 55.2 Å². The minimum absolute atomic E-state index is 0.000185. The Labute approximate surface area is 438 Å². The summed E-state index contributed by atoms with van der Waals surface area (Å²) in [6.45, 7) is 17.8. The lowest BCUT2D eigenvalue weighted by molar-refractivity contribution is -0.127. The van der Waals surface area contributed by atoms with Crippen molar-refractivity contribution in [2.24, 2.45) is 11.8 Å². The number of H-pyrrole nitrogens is 1. The molecule has 0 aliphatic rings. The van der Waals surface area contributed by atoms with Crippen molar-refractivity contribution < 1.29 is 33.0 Å². The molecule has 6 aromatic heterocycles. The first-order valence-corrected chi connectivity index (χ1v) is 25.7. The number of hydrogen-bond donors (Lipinski definition) is 2. The molecule has 0 atom stereocenters. The number of aliphatic hydroxyl groups is 1. The summed E-state index contributed by atoms with van der Waals surface area (Å²) in [5, 5.41) is 27.2. The molecule has 23 heteroatoms. The van der Waals surface area contributed by atoms with Gasteiger partial charge in [0.1, 0.15) is 53.9 Å². The number of Topliss-reactive ketones (excluding diaryl/α,β-unsaturated/α-hetero) is 2. The number of nitrogens with zero attached hydrogens (tertiary/aromatic N) is 9. The highest BCUT2D eigenvalue weighted by Gasteiger charge is 2.36. The van der Waals surface area contributed by atoms with E-state index in [0.717, 1.165) is 9.13 Å². The number of hydrogen-bond acceptors (Lipinski definition) is 15. The van der Waals surface area contributed by atoms with Gasteiger partial charge in [0.25, 0.3) is 11.1 Å². The van der Waals surface area contributed by atoms with Crippen molar-refractivity contribution in [1.29, 1.82) is 0 Å². The standard InChI is InChI=1S/C26H30FN5O4S.C17H21N5O3S.C9H11FO2/c1-15(2)13-20(33)26(4,5)31-22(34)21-16(3)23(32-28-10-11-29-32)37-24(21)30(25(31)35)12-9-17-14-18(27)7-8-19(17)36-6;1-9(2)8-11(23)17(4,5)21-14(24)12-10(3)15(22-18-6-7-19-22)26-13(12)20-16(21)25;1-12-9-3-2-8(10)6-7(9)4-5-11/h7-8,10-11,14-15H,9,12-13H2,1-6H3;6-7,9H,8H2,1-5H3,(H,20,25);2-3,6,11H,4-5H2,1H3. The van der Waals surface area contributed by atoms with Gasteiger partial charge in [0.15, 0.2) is 11.6 Å². The molecule has 0 saturated carbocycles. The van der Waals surface area contributed by atoms with Crippen molar-refractivity contribution >= 4 is 54.7 Å². The summed E-state index contributed by atoms with van der Waals surface area (Å²) in [6.07, 6.45) is 7.33. The summed E-state index contributed by atoms with van der Waals surface area (Å²) in [6, 6.07) is 8.47. The minimum Gasteiger partial charge on any atom is -0.496 e. The van der Waals surface area contributed by atoms with Gasteiger partial charge in [-0.25, -0.2) is 27.5 Å². The largest absolute Gasteiger partial charge is 0.496 e. The molecule has 19 nitrogen and oxygen atoms in total. The number of carbonyl (C=O) groups excluding carboxylic acids is 2. The molecule has 0 aliphatic heterocycles. The maximum absolute atomic E-state index is 14.0. The normalized spacial score (nSPS) is 11.7. The highest BCUT2D eigenvalue weighted by molar-refractivity contribution is 7.21. The molecular weight excluding hydrogens is 1010 g/mol. The van der Waals surface area contributed by atoms with Gasteiger partial charge in [-0.15, -0.1) is 9.59 Å². The molecule has 400 valence electrons. The Hall–Kier alpha value is -7.24. The van der Waals surface area contributed by atoms with Crippen LogP contribution in [0.1, 0.15) is 90.5 Å². The fraction of sp³-hybridized carbons (Fsp3) is 0.423. The zero-order valence-corrected chi connectivity index (χ0v) is 45.6. The second-order valence-electron chi connectivity index (χ2n) is 19.5. The average Bonchev–Trinajstić information content (AvgIpc) is 4.18. The number of aromatic nitrogens is 10. The van der Waals surface area contributed by atoms with Crippen LogP contribution in [0.5, 0.6) is 11.5 Å². The summed E-state index contributed by atoms with van der Waals surface area (Å²) in [4.78, 5) is 85.9. The number of halogens is 2. The number of methoxy groups -OCH3 is 2. The lowest BCUT2D eigenvalue weighted by Crippen LogP contribution is -2.52. The predicted octanol–water partition coefficient (Wildman–Crippen LogP) is 7.21. The number of fused-ring (bicyclic) bond motifs is 2. The van der Waals surface area contributed by atoms with Crippen LogP contribution in [-0.4, -0.2) is 86.2 Å². The summed E-state index contributed by atoms with van der Waals surface area (Å²) in [5.74, 6) is 0.232. The average molecular weight is 1070 g/mol. The van der Waals surface area contributed by atoms with Gasteiger partial charge >= 0.3 is 11.4 Å². The number of carbonyl (C=O) groups is 2. The Morgan fingerprint density at radius 3 is 1.59 bits per heavy atom. The topological polar surface area (TPSA) is 233 Å². The van der Waals surface area contributed by atoms with E-state index < -0.39 is 39.4 Å². The van der Waals surface area contributed by atoms with Gasteiger partial charge in [0.05, 0.1) is 49.8 Å². The van der Waals surface area contributed by atoms with Crippen LogP contribution < -0.4 is 32.0 Å². The van der Waals surface area contributed by atoms with E-state index in [1.54, 1.807) is 60.0 Å². The van der Waals surface area contributed by atoms with Crippen LogP contribution in [0, 0.1) is 37.3 Å². The molecule has 0 bridgehead atoms. The van der Waals surface area contributed by atoms with Crippen LogP contribution in [0.2, 0.25) is 0 Å². The zero-order chi connectivity index (χ0) is 55.3. The molecule has 75 heavy (non-hydrogen) atoms. The Kier molecular flexibility index (Phi) is 17.9. The van der Waals surface area contributed by atoms with E-state index in [2.05, 4.69) is 25.4 Å². The Morgan fingerprint density at radius 2 is 1.12 bits per heavy atom. The lowest BCUT2D eigenvalue weighted by Gasteiger charge is -2.27. The van der Waals surface area contributed by atoms with Crippen molar-refractivity contribution in [3.63, 3.8) is 0 Å². The van der Waals surface area contributed by atoms with Crippen LogP contribution in [0.15, 0.2) is 80.4 Å². The molecule has 2 N–H and O–H groups in total. The number of rotatable bonds is 17. The molecule has 0 aliphatic carbocycles. The molecule has 0 amide bonds. The maximum atomic E-state index is 14.0. The van der Waals surface area contributed by atoms with E-state index >= 15 is 0 Å². The first-order chi connectivity index (χ1) is 35.4. The molecular formula is C52H62F2N10O9S2. The van der Waals surface area contributed by atoms with Gasteiger partial charge in [-0.1, -0.05) is 50.4 Å². The van der Waals surface area contributed by atoms with Crippen molar-refractivity contribution in [3.8, 4) is 21.5 Å². The zero-order valence-electron chi connectivity index (χ0n) is 44.0. The Bertz CT molecular complexity index is 3590. The minimum atomic E-state index is -1.37. The summed E-state index contributed by atoms with van der Waals surface area (Å²) in [7, 11) is 3.02. The fourth-order valence-corrected chi connectivity index (χ4v) is 10.8. The summed E-state index contributed by atoms with van der Waals surface area (Å²) in [5.41, 5.74) is -2.25. The van der Waals surface area contributed by atoms with E-state index in [0.29, 0.717) is 77.0 Å². The fourth-order valence-electron chi connectivity index (χ4n) is 8.49. The van der Waals surface area contributed by atoms with Gasteiger partial charge in [-0.3, -0.25) is 28.7 Å². The third kappa shape index (κ3) is 12.0. The molecule has 2 aromatic carbocycles. The van der Waals surface area contributed by atoms with Crippen LogP contribution in [-0.2, 0) is 40.1 Å². The molecule has 0 spiro atoms. The van der Waals surface area contributed by atoms with Crippen LogP contribution in [0.4, 0.5) is 8.78 Å².